The molecule has 0 radical (unpaired) electrons. The van der Waals surface area contributed by atoms with Gasteiger partial charge in [-0.25, -0.2) is 0 Å². The Bertz CT molecular complexity index is 659. The standard InChI is InChI=1S/C18H20N2O/c1-4-20(17-7-5-6-14(2)10-17)13-15-8-9-16(12-19)18(11-15)21-3/h5-11H,4,13H2,1-3H3. The van der Waals surface area contributed by atoms with Gasteiger partial charge in [0, 0.05) is 18.8 Å². The van der Waals surface area contributed by atoms with Gasteiger partial charge in [-0.15, -0.1) is 0 Å². The van der Waals surface area contributed by atoms with E-state index in [4.69, 9.17) is 10.00 Å². The van der Waals surface area contributed by atoms with Crippen molar-refractivity contribution in [2.45, 2.75) is 20.4 Å². The summed E-state index contributed by atoms with van der Waals surface area (Å²) < 4.78 is 5.28. The van der Waals surface area contributed by atoms with Gasteiger partial charge in [-0.05, 0) is 49.2 Å². The number of hydrogen-bond donors (Lipinski definition) is 0. The third-order valence-electron chi connectivity index (χ3n) is 3.51. The molecule has 0 aliphatic carbocycles. The molecule has 0 aromatic heterocycles. The van der Waals surface area contributed by atoms with Gasteiger partial charge in [0.15, 0.2) is 0 Å². The lowest BCUT2D eigenvalue weighted by Gasteiger charge is -2.24. The number of nitriles is 1. The van der Waals surface area contributed by atoms with Crippen LogP contribution in [0, 0.1) is 18.3 Å². The van der Waals surface area contributed by atoms with Crippen LogP contribution in [0.4, 0.5) is 5.69 Å². The van der Waals surface area contributed by atoms with Crippen LogP contribution in [-0.2, 0) is 6.54 Å². The molecule has 0 heterocycles. The predicted octanol–water partition coefficient (Wildman–Crippen LogP) is 3.90. The number of aryl methyl sites for hydroxylation is 1. The zero-order valence-electron chi connectivity index (χ0n) is 12.8. The second kappa shape index (κ2) is 6.81. The van der Waals surface area contributed by atoms with Crippen molar-refractivity contribution >= 4 is 5.69 Å². The maximum Gasteiger partial charge on any atom is 0.136 e. The van der Waals surface area contributed by atoms with E-state index in [0.29, 0.717) is 11.3 Å². The summed E-state index contributed by atoms with van der Waals surface area (Å²) in [6, 6.07) is 16.4. The van der Waals surface area contributed by atoms with Gasteiger partial charge < -0.3 is 9.64 Å². The van der Waals surface area contributed by atoms with Crippen molar-refractivity contribution in [3.63, 3.8) is 0 Å². The van der Waals surface area contributed by atoms with E-state index in [-0.39, 0.29) is 0 Å². The van der Waals surface area contributed by atoms with Gasteiger partial charge >= 0.3 is 0 Å². The molecule has 2 aromatic rings. The van der Waals surface area contributed by atoms with Crippen LogP contribution in [0.5, 0.6) is 5.75 Å². The summed E-state index contributed by atoms with van der Waals surface area (Å²) >= 11 is 0. The molecule has 0 unspecified atom stereocenters. The average molecular weight is 280 g/mol. The largest absolute Gasteiger partial charge is 0.495 e. The van der Waals surface area contributed by atoms with Crippen LogP contribution in [0.1, 0.15) is 23.6 Å². The number of hydrogen-bond acceptors (Lipinski definition) is 3. The quantitative estimate of drug-likeness (QED) is 0.833. The highest BCUT2D eigenvalue weighted by Gasteiger charge is 2.08. The van der Waals surface area contributed by atoms with Crippen molar-refractivity contribution in [3.8, 4) is 11.8 Å². The van der Waals surface area contributed by atoms with E-state index >= 15 is 0 Å². The molecule has 3 nitrogen and oxygen atoms in total. The molecule has 0 saturated heterocycles. The molecule has 0 aliphatic rings. The summed E-state index contributed by atoms with van der Waals surface area (Å²) in [6.07, 6.45) is 0. The van der Waals surface area contributed by atoms with Crippen LogP contribution in [0.15, 0.2) is 42.5 Å². The third-order valence-corrected chi connectivity index (χ3v) is 3.51. The minimum absolute atomic E-state index is 0.569. The van der Waals surface area contributed by atoms with Crippen molar-refractivity contribution in [2.75, 3.05) is 18.6 Å². The van der Waals surface area contributed by atoms with E-state index in [1.807, 2.05) is 18.2 Å². The van der Waals surface area contributed by atoms with Gasteiger partial charge in [0.1, 0.15) is 11.8 Å². The lowest BCUT2D eigenvalue weighted by Crippen LogP contribution is -2.22. The van der Waals surface area contributed by atoms with E-state index < -0.39 is 0 Å². The predicted molar refractivity (Wildman–Crippen MR) is 85.6 cm³/mol. The molecule has 0 fully saturated rings. The molecule has 0 spiro atoms. The summed E-state index contributed by atoms with van der Waals surface area (Å²) in [5, 5.41) is 9.04. The Labute approximate surface area is 126 Å². The maximum absolute atomic E-state index is 9.04. The Morgan fingerprint density at radius 1 is 1.19 bits per heavy atom. The number of rotatable bonds is 5. The van der Waals surface area contributed by atoms with Crippen LogP contribution in [0.25, 0.3) is 0 Å². The average Bonchev–Trinajstić information content (AvgIpc) is 2.52. The van der Waals surface area contributed by atoms with Gasteiger partial charge in [0.25, 0.3) is 0 Å². The zero-order valence-corrected chi connectivity index (χ0v) is 12.8. The smallest absolute Gasteiger partial charge is 0.136 e. The van der Waals surface area contributed by atoms with Crippen molar-refractivity contribution in [2.24, 2.45) is 0 Å². The number of ether oxygens (including phenoxy) is 1. The van der Waals surface area contributed by atoms with Gasteiger partial charge in [-0.2, -0.15) is 5.26 Å². The molecule has 2 rings (SSSR count). The van der Waals surface area contributed by atoms with E-state index in [9.17, 15) is 0 Å². The first-order valence-electron chi connectivity index (χ1n) is 7.06. The van der Waals surface area contributed by atoms with E-state index in [0.717, 1.165) is 18.7 Å². The Balaban J connectivity index is 2.25. The SMILES string of the molecule is CCN(Cc1ccc(C#N)c(OC)c1)c1cccc(C)c1. The minimum Gasteiger partial charge on any atom is -0.495 e. The molecule has 0 saturated carbocycles. The van der Waals surface area contributed by atoms with Crippen molar-refractivity contribution in [1.82, 2.24) is 0 Å². The molecule has 0 aliphatic heterocycles. The first-order chi connectivity index (χ1) is 10.2. The van der Waals surface area contributed by atoms with Crippen molar-refractivity contribution in [3.05, 3.63) is 59.2 Å². The molecule has 0 amide bonds. The third kappa shape index (κ3) is 3.55. The summed E-state index contributed by atoms with van der Waals surface area (Å²) in [7, 11) is 1.60. The minimum atomic E-state index is 0.569. The number of anilines is 1. The lowest BCUT2D eigenvalue weighted by atomic mass is 10.1. The fourth-order valence-corrected chi connectivity index (χ4v) is 2.36. The first kappa shape index (κ1) is 14.9. The highest BCUT2D eigenvalue weighted by molar-refractivity contribution is 5.50. The van der Waals surface area contributed by atoms with Gasteiger partial charge in [0.2, 0.25) is 0 Å². The van der Waals surface area contributed by atoms with E-state index in [2.05, 4.69) is 49.1 Å². The zero-order chi connectivity index (χ0) is 15.2. The Morgan fingerprint density at radius 2 is 2.00 bits per heavy atom. The second-order valence-electron chi connectivity index (χ2n) is 5.00. The molecular formula is C18H20N2O. The fourth-order valence-electron chi connectivity index (χ4n) is 2.36. The molecule has 0 N–H and O–H groups in total. The lowest BCUT2D eigenvalue weighted by molar-refractivity contribution is 0.413. The Kier molecular flexibility index (Phi) is 4.84. The molecule has 108 valence electrons. The molecule has 0 atom stereocenters. The number of methoxy groups -OCH3 is 1. The molecule has 2 aromatic carbocycles. The van der Waals surface area contributed by atoms with Crippen LogP contribution in [-0.4, -0.2) is 13.7 Å². The van der Waals surface area contributed by atoms with Gasteiger partial charge in [-0.3, -0.25) is 0 Å². The molecule has 3 heteroatoms. The van der Waals surface area contributed by atoms with Crippen molar-refractivity contribution < 1.29 is 4.74 Å². The molecule has 0 bridgehead atoms. The second-order valence-corrected chi connectivity index (χ2v) is 5.00. The molecule has 21 heavy (non-hydrogen) atoms. The van der Waals surface area contributed by atoms with E-state index in [1.54, 1.807) is 7.11 Å². The van der Waals surface area contributed by atoms with Crippen LogP contribution in [0.3, 0.4) is 0 Å². The topological polar surface area (TPSA) is 36.3 Å². The number of nitrogens with zero attached hydrogens (tertiary/aromatic N) is 2. The fraction of sp³-hybridized carbons (Fsp3) is 0.278. The monoisotopic (exact) mass is 280 g/mol. The summed E-state index contributed by atoms with van der Waals surface area (Å²) in [5.74, 6) is 0.635. The highest BCUT2D eigenvalue weighted by atomic mass is 16.5. The Hall–Kier alpha value is -2.47. The first-order valence-corrected chi connectivity index (χ1v) is 7.06. The van der Waals surface area contributed by atoms with E-state index in [1.165, 1.54) is 11.3 Å². The summed E-state index contributed by atoms with van der Waals surface area (Å²) in [5.41, 5.74) is 4.17. The maximum atomic E-state index is 9.04. The number of benzene rings is 2. The normalized spacial score (nSPS) is 10.0. The summed E-state index contributed by atoms with van der Waals surface area (Å²) in [4.78, 5) is 2.30. The van der Waals surface area contributed by atoms with Crippen LogP contribution < -0.4 is 9.64 Å². The summed E-state index contributed by atoms with van der Waals surface area (Å²) in [6.45, 7) is 5.96. The van der Waals surface area contributed by atoms with Gasteiger partial charge in [-0.1, -0.05) is 18.2 Å². The van der Waals surface area contributed by atoms with Crippen LogP contribution >= 0.6 is 0 Å². The van der Waals surface area contributed by atoms with Gasteiger partial charge in [0.05, 0.1) is 12.7 Å². The van der Waals surface area contributed by atoms with Crippen LogP contribution in [0.2, 0.25) is 0 Å². The van der Waals surface area contributed by atoms with Crippen molar-refractivity contribution in [1.29, 1.82) is 5.26 Å². The Morgan fingerprint density at radius 3 is 2.62 bits per heavy atom. The highest BCUT2D eigenvalue weighted by Crippen LogP contribution is 2.23. The molecular weight excluding hydrogens is 260 g/mol.